The summed E-state index contributed by atoms with van der Waals surface area (Å²) in [6, 6.07) is 3.87. The summed E-state index contributed by atoms with van der Waals surface area (Å²) < 4.78 is 5.82. The summed E-state index contributed by atoms with van der Waals surface area (Å²) >= 11 is 6.14. The van der Waals surface area contributed by atoms with Crippen LogP contribution in [0.15, 0.2) is 22.7 Å². The van der Waals surface area contributed by atoms with E-state index in [0.29, 0.717) is 10.9 Å². The smallest absolute Gasteiger partial charge is 0.195 e. The molecule has 0 unspecified atom stereocenters. The van der Waals surface area contributed by atoms with Crippen molar-refractivity contribution in [3.8, 4) is 11.3 Å². The molecule has 1 aliphatic rings. The van der Waals surface area contributed by atoms with Crippen LogP contribution in [0.1, 0.15) is 37.3 Å². The molecular formula is C15H17ClN2O. The molecule has 100 valence electrons. The molecule has 3 nitrogen and oxygen atoms in total. The third-order valence-electron chi connectivity index (χ3n) is 3.75. The molecule has 0 amide bonds. The molecule has 1 saturated carbocycles. The van der Waals surface area contributed by atoms with E-state index in [9.17, 15) is 0 Å². The Balaban J connectivity index is 1.80. The van der Waals surface area contributed by atoms with Crippen molar-refractivity contribution in [2.45, 2.75) is 39.0 Å². The van der Waals surface area contributed by atoms with Crippen LogP contribution >= 0.6 is 11.6 Å². The number of oxazole rings is 1. The SMILES string of the molecule is Cc1ccc(-c2cnc(CC3CCCC3)o2)c(Cl)n1. The number of aromatic nitrogens is 2. The van der Waals surface area contributed by atoms with Crippen molar-refractivity contribution in [2.24, 2.45) is 5.92 Å². The van der Waals surface area contributed by atoms with Crippen LogP contribution in [0.3, 0.4) is 0 Å². The first-order chi connectivity index (χ1) is 9.22. The quantitative estimate of drug-likeness (QED) is 0.779. The second kappa shape index (κ2) is 5.33. The van der Waals surface area contributed by atoms with Gasteiger partial charge in [0.15, 0.2) is 11.7 Å². The normalized spacial score (nSPS) is 16.1. The van der Waals surface area contributed by atoms with E-state index in [1.807, 2.05) is 19.1 Å². The minimum Gasteiger partial charge on any atom is -0.441 e. The summed E-state index contributed by atoms with van der Waals surface area (Å²) in [6.45, 7) is 1.92. The van der Waals surface area contributed by atoms with Gasteiger partial charge < -0.3 is 4.42 Å². The fraction of sp³-hybridized carbons (Fsp3) is 0.467. The van der Waals surface area contributed by atoms with E-state index in [-0.39, 0.29) is 0 Å². The van der Waals surface area contributed by atoms with E-state index in [2.05, 4.69) is 9.97 Å². The van der Waals surface area contributed by atoms with Gasteiger partial charge in [0.2, 0.25) is 0 Å². The van der Waals surface area contributed by atoms with E-state index >= 15 is 0 Å². The van der Waals surface area contributed by atoms with Gasteiger partial charge in [0.1, 0.15) is 5.15 Å². The first-order valence-corrected chi connectivity index (χ1v) is 7.18. The third kappa shape index (κ3) is 2.81. The van der Waals surface area contributed by atoms with Crippen molar-refractivity contribution in [3.63, 3.8) is 0 Å². The molecule has 1 aliphatic carbocycles. The summed E-state index contributed by atoms with van der Waals surface area (Å²) in [7, 11) is 0. The summed E-state index contributed by atoms with van der Waals surface area (Å²) in [5, 5.41) is 0.476. The second-order valence-corrected chi connectivity index (χ2v) is 5.62. The van der Waals surface area contributed by atoms with Crippen LogP contribution in [-0.2, 0) is 6.42 Å². The Hall–Kier alpha value is -1.35. The fourth-order valence-electron chi connectivity index (χ4n) is 2.70. The number of halogens is 1. The zero-order valence-corrected chi connectivity index (χ0v) is 11.8. The van der Waals surface area contributed by atoms with Crippen LogP contribution < -0.4 is 0 Å². The average Bonchev–Trinajstić information content (AvgIpc) is 3.01. The van der Waals surface area contributed by atoms with E-state index in [1.54, 1.807) is 6.20 Å². The van der Waals surface area contributed by atoms with Crippen LogP contribution in [0.4, 0.5) is 0 Å². The average molecular weight is 277 g/mol. The van der Waals surface area contributed by atoms with Gasteiger partial charge in [-0.25, -0.2) is 9.97 Å². The predicted octanol–water partition coefficient (Wildman–Crippen LogP) is 4.43. The largest absolute Gasteiger partial charge is 0.441 e. The fourth-order valence-corrected chi connectivity index (χ4v) is 2.99. The van der Waals surface area contributed by atoms with Crippen molar-refractivity contribution in [3.05, 3.63) is 35.1 Å². The molecule has 0 N–H and O–H groups in total. The first kappa shape index (κ1) is 12.7. The molecule has 3 rings (SSSR count). The van der Waals surface area contributed by atoms with Gasteiger partial charge in [0.25, 0.3) is 0 Å². The van der Waals surface area contributed by atoms with Crippen molar-refractivity contribution >= 4 is 11.6 Å². The van der Waals surface area contributed by atoms with E-state index in [1.165, 1.54) is 25.7 Å². The second-order valence-electron chi connectivity index (χ2n) is 5.26. The van der Waals surface area contributed by atoms with Gasteiger partial charge in [0.05, 0.1) is 11.8 Å². The molecule has 2 heterocycles. The van der Waals surface area contributed by atoms with Crippen molar-refractivity contribution < 1.29 is 4.42 Å². The molecule has 4 heteroatoms. The molecule has 0 bridgehead atoms. The molecule has 1 fully saturated rings. The third-order valence-corrected chi connectivity index (χ3v) is 4.03. The Morgan fingerprint density at radius 1 is 1.32 bits per heavy atom. The van der Waals surface area contributed by atoms with Crippen LogP contribution in [0.25, 0.3) is 11.3 Å². The van der Waals surface area contributed by atoms with Crippen LogP contribution in [0.2, 0.25) is 5.15 Å². The maximum Gasteiger partial charge on any atom is 0.195 e. The summed E-state index contributed by atoms with van der Waals surface area (Å²) in [5.41, 5.74) is 1.72. The van der Waals surface area contributed by atoms with Gasteiger partial charge in [-0.05, 0) is 37.8 Å². The molecule has 0 saturated heterocycles. The van der Waals surface area contributed by atoms with Gasteiger partial charge in [0, 0.05) is 12.1 Å². The molecule has 0 atom stereocenters. The van der Waals surface area contributed by atoms with Crippen LogP contribution in [-0.4, -0.2) is 9.97 Å². The monoisotopic (exact) mass is 276 g/mol. The lowest BCUT2D eigenvalue weighted by Gasteiger charge is -2.04. The molecule has 0 aromatic carbocycles. The number of rotatable bonds is 3. The summed E-state index contributed by atoms with van der Waals surface area (Å²) in [4.78, 5) is 8.61. The Morgan fingerprint density at radius 2 is 2.11 bits per heavy atom. The van der Waals surface area contributed by atoms with Gasteiger partial charge >= 0.3 is 0 Å². The number of aryl methyl sites for hydroxylation is 1. The molecule has 0 radical (unpaired) electrons. The number of hydrogen-bond acceptors (Lipinski definition) is 3. The minimum absolute atomic E-state index is 0.476. The highest BCUT2D eigenvalue weighted by molar-refractivity contribution is 6.32. The van der Waals surface area contributed by atoms with Gasteiger partial charge in [-0.15, -0.1) is 0 Å². The zero-order chi connectivity index (χ0) is 13.2. The lowest BCUT2D eigenvalue weighted by atomic mass is 10.0. The number of pyridine rings is 1. The number of nitrogens with zero attached hydrogens (tertiary/aromatic N) is 2. The highest BCUT2D eigenvalue weighted by Gasteiger charge is 2.18. The summed E-state index contributed by atoms with van der Waals surface area (Å²) in [5.74, 6) is 2.27. The van der Waals surface area contributed by atoms with Gasteiger partial charge in [-0.2, -0.15) is 0 Å². The Kier molecular flexibility index (Phi) is 3.56. The maximum absolute atomic E-state index is 6.14. The van der Waals surface area contributed by atoms with Crippen LogP contribution in [0.5, 0.6) is 0 Å². The van der Waals surface area contributed by atoms with Gasteiger partial charge in [-0.3, -0.25) is 0 Å². The minimum atomic E-state index is 0.476. The maximum atomic E-state index is 6.14. The van der Waals surface area contributed by atoms with Gasteiger partial charge in [-0.1, -0.05) is 24.4 Å². The first-order valence-electron chi connectivity index (χ1n) is 6.80. The van der Waals surface area contributed by atoms with Crippen LogP contribution in [0, 0.1) is 12.8 Å². The Labute approximate surface area is 118 Å². The predicted molar refractivity (Wildman–Crippen MR) is 75.1 cm³/mol. The standard InChI is InChI=1S/C15H17ClN2O/c1-10-6-7-12(15(16)18-10)13-9-17-14(19-13)8-11-4-2-3-5-11/h6-7,9,11H,2-5,8H2,1H3. The number of hydrogen-bond donors (Lipinski definition) is 0. The summed E-state index contributed by atoms with van der Waals surface area (Å²) in [6.07, 6.45) is 7.96. The lowest BCUT2D eigenvalue weighted by molar-refractivity contribution is 0.437. The Morgan fingerprint density at radius 3 is 2.84 bits per heavy atom. The van der Waals surface area contributed by atoms with E-state index in [0.717, 1.165) is 29.5 Å². The molecule has 2 aromatic heterocycles. The highest BCUT2D eigenvalue weighted by Crippen LogP contribution is 2.31. The van der Waals surface area contributed by atoms with E-state index < -0.39 is 0 Å². The molecule has 19 heavy (non-hydrogen) atoms. The zero-order valence-electron chi connectivity index (χ0n) is 11.0. The molecule has 0 aliphatic heterocycles. The lowest BCUT2D eigenvalue weighted by Crippen LogP contribution is -1.98. The molecule has 0 spiro atoms. The highest BCUT2D eigenvalue weighted by atomic mass is 35.5. The molecule has 2 aromatic rings. The van der Waals surface area contributed by atoms with E-state index in [4.69, 9.17) is 16.0 Å². The van der Waals surface area contributed by atoms with Crippen molar-refractivity contribution in [2.75, 3.05) is 0 Å². The molecular weight excluding hydrogens is 260 g/mol. The van der Waals surface area contributed by atoms with Crippen molar-refractivity contribution in [1.82, 2.24) is 9.97 Å². The Bertz CT molecular complexity index is 573. The van der Waals surface area contributed by atoms with Crippen molar-refractivity contribution in [1.29, 1.82) is 0 Å². The topological polar surface area (TPSA) is 38.9 Å².